The zero-order valence-corrected chi connectivity index (χ0v) is 10.2. The number of hydrogen-bond acceptors (Lipinski definition) is 2. The maximum absolute atomic E-state index is 13.2. The van der Waals surface area contributed by atoms with Gasteiger partial charge in [-0.1, -0.05) is 0 Å². The highest BCUT2D eigenvalue weighted by Crippen LogP contribution is 2.36. The molecular formula is C14H17FN2O. The molecule has 2 aliphatic rings. The van der Waals surface area contributed by atoms with Crippen LogP contribution in [0.2, 0.25) is 0 Å². The van der Waals surface area contributed by atoms with E-state index in [2.05, 4.69) is 0 Å². The second kappa shape index (κ2) is 4.26. The average Bonchev–Trinajstić information content (AvgIpc) is 3.21. The Morgan fingerprint density at radius 1 is 1.33 bits per heavy atom. The maximum atomic E-state index is 13.2. The first-order chi connectivity index (χ1) is 8.65. The van der Waals surface area contributed by atoms with Crippen LogP contribution in [0.1, 0.15) is 36.0 Å². The highest BCUT2D eigenvalue weighted by Gasteiger charge is 2.37. The molecule has 0 bridgehead atoms. The van der Waals surface area contributed by atoms with Gasteiger partial charge < -0.3 is 10.6 Å². The lowest BCUT2D eigenvalue weighted by Crippen LogP contribution is -2.35. The van der Waals surface area contributed by atoms with Gasteiger partial charge in [0.25, 0.3) is 5.91 Å². The SMILES string of the molecule is Nc1ccc(F)cc1C(=O)N(CC1CC1)C1CC1. The van der Waals surface area contributed by atoms with Crippen LogP contribution in [0, 0.1) is 11.7 Å². The number of rotatable bonds is 4. The molecule has 0 aliphatic heterocycles. The first-order valence-electron chi connectivity index (χ1n) is 6.51. The molecule has 1 aromatic rings. The van der Waals surface area contributed by atoms with Crippen LogP contribution >= 0.6 is 0 Å². The molecule has 0 spiro atoms. The summed E-state index contributed by atoms with van der Waals surface area (Å²) >= 11 is 0. The van der Waals surface area contributed by atoms with Crippen molar-refractivity contribution >= 4 is 11.6 Å². The minimum atomic E-state index is -0.408. The Balaban J connectivity index is 1.83. The van der Waals surface area contributed by atoms with Crippen LogP contribution < -0.4 is 5.73 Å². The van der Waals surface area contributed by atoms with Crippen LogP contribution in [0.4, 0.5) is 10.1 Å². The molecule has 3 nitrogen and oxygen atoms in total. The van der Waals surface area contributed by atoms with Crippen molar-refractivity contribution in [1.82, 2.24) is 4.90 Å². The lowest BCUT2D eigenvalue weighted by molar-refractivity contribution is 0.0735. The highest BCUT2D eigenvalue weighted by molar-refractivity contribution is 5.99. The molecule has 0 unspecified atom stereocenters. The van der Waals surface area contributed by atoms with Crippen LogP contribution in [-0.2, 0) is 0 Å². The number of nitrogens with zero attached hydrogens (tertiary/aromatic N) is 1. The zero-order valence-electron chi connectivity index (χ0n) is 10.2. The topological polar surface area (TPSA) is 46.3 Å². The number of hydrogen-bond donors (Lipinski definition) is 1. The predicted octanol–water partition coefficient (Wildman–Crippen LogP) is 2.42. The Morgan fingerprint density at radius 3 is 2.67 bits per heavy atom. The Kier molecular flexibility index (Phi) is 2.73. The summed E-state index contributed by atoms with van der Waals surface area (Å²) in [6.45, 7) is 0.805. The van der Waals surface area contributed by atoms with E-state index >= 15 is 0 Å². The van der Waals surface area contributed by atoms with Gasteiger partial charge in [-0.05, 0) is 49.8 Å². The molecule has 96 valence electrons. The van der Waals surface area contributed by atoms with E-state index in [1.165, 1.54) is 31.0 Å². The van der Waals surface area contributed by atoms with Crippen molar-refractivity contribution < 1.29 is 9.18 Å². The van der Waals surface area contributed by atoms with Gasteiger partial charge >= 0.3 is 0 Å². The number of amides is 1. The van der Waals surface area contributed by atoms with Gasteiger partial charge in [0.05, 0.1) is 5.56 Å². The van der Waals surface area contributed by atoms with Gasteiger partial charge in [0.15, 0.2) is 0 Å². The summed E-state index contributed by atoms with van der Waals surface area (Å²) in [7, 11) is 0. The molecule has 2 aliphatic carbocycles. The number of nitrogen functional groups attached to an aromatic ring is 1. The molecule has 2 fully saturated rings. The van der Waals surface area contributed by atoms with E-state index in [0.29, 0.717) is 23.2 Å². The summed E-state index contributed by atoms with van der Waals surface area (Å²) in [6, 6.07) is 4.35. The van der Waals surface area contributed by atoms with Crippen molar-refractivity contribution in [2.75, 3.05) is 12.3 Å². The quantitative estimate of drug-likeness (QED) is 0.832. The van der Waals surface area contributed by atoms with E-state index in [1.807, 2.05) is 4.90 Å². The summed E-state index contributed by atoms with van der Waals surface area (Å²) in [6.07, 6.45) is 4.53. The second-order valence-corrected chi connectivity index (χ2v) is 5.36. The van der Waals surface area contributed by atoms with Crippen LogP contribution in [0.5, 0.6) is 0 Å². The number of carbonyl (C=O) groups is 1. The van der Waals surface area contributed by atoms with E-state index < -0.39 is 5.82 Å². The summed E-state index contributed by atoms with van der Waals surface area (Å²) in [5, 5.41) is 0. The lowest BCUT2D eigenvalue weighted by atomic mass is 10.1. The van der Waals surface area contributed by atoms with Gasteiger partial charge in [0.1, 0.15) is 5.82 Å². The third-order valence-corrected chi connectivity index (χ3v) is 3.65. The van der Waals surface area contributed by atoms with E-state index in [9.17, 15) is 9.18 Å². The Hall–Kier alpha value is -1.58. The average molecular weight is 248 g/mol. The van der Waals surface area contributed by atoms with Crippen molar-refractivity contribution in [2.45, 2.75) is 31.7 Å². The Bertz CT molecular complexity index is 481. The molecule has 0 heterocycles. The third-order valence-electron chi connectivity index (χ3n) is 3.65. The van der Waals surface area contributed by atoms with Gasteiger partial charge in [-0.15, -0.1) is 0 Å². The third kappa shape index (κ3) is 2.33. The Labute approximate surface area is 106 Å². The van der Waals surface area contributed by atoms with Gasteiger partial charge in [0.2, 0.25) is 0 Å². The molecule has 1 aromatic carbocycles. The minimum Gasteiger partial charge on any atom is -0.398 e. The van der Waals surface area contributed by atoms with Gasteiger partial charge in [-0.3, -0.25) is 4.79 Å². The fourth-order valence-electron chi connectivity index (χ4n) is 2.23. The highest BCUT2D eigenvalue weighted by atomic mass is 19.1. The second-order valence-electron chi connectivity index (χ2n) is 5.36. The number of carbonyl (C=O) groups excluding carboxylic acids is 1. The van der Waals surface area contributed by atoms with Crippen LogP contribution in [0.15, 0.2) is 18.2 Å². The van der Waals surface area contributed by atoms with Crippen molar-refractivity contribution in [2.24, 2.45) is 5.92 Å². The molecule has 3 rings (SSSR count). The number of benzene rings is 1. The normalized spacial score (nSPS) is 18.7. The molecule has 0 saturated heterocycles. The van der Waals surface area contributed by atoms with E-state index in [4.69, 9.17) is 5.73 Å². The molecule has 1 amide bonds. The summed E-state index contributed by atoms with van der Waals surface area (Å²) in [4.78, 5) is 14.3. The minimum absolute atomic E-state index is 0.110. The van der Waals surface area contributed by atoms with E-state index in [-0.39, 0.29) is 5.91 Å². The molecule has 0 aromatic heterocycles. The summed E-state index contributed by atoms with van der Waals surface area (Å²) < 4.78 is 13.2. The van der Waals surface area contributed by atoms with E-state index in [1.54, 1.807) is 0 Å². The standard InChI is InChI=1S/C14H17FN2O/c15-10-3-6-13(16)12(7-10)14(18)17(11-4-5-11)8-9-1-2-9/h3,6-7,9,11H,1-2,4-5,8,16H2. The molecule has 4 heteroatoms. The molecule has 2 N–H and O–H groups in total. The van der Waals surface area contributed by atoms with Crippen LogP contribution in [-0.4, -0.2) is 23.4 Å². The fourth-order valence-corrected chi connectivity index (χ4v) is 2.23. The smallest absolute Gasteiger partial charge is 0.256 e. The molecule has 2 saturated carbocycles. The molecule has 0 atom stereocenters. The molecular weight excluding hydrogens is 231 g/mol. The number of nitrogens with two attached hydrogens (primary N) is 1. The fraction of sp³-hybridized carbons (Fsp3) is 0.500. The van der Waals surface area contributed by atoms with Crippen molar-refractivity contribution in [3.05, 3.63) is 29.6 Å². The first kappa shape index (κ1) is 11.5. The number of anilines is 1. The first-order valence-corrected chi connectivity index (χ1v) is 6.51. The maximum Gasteiger partial charge on any atom is 0.256 e. The lowest BCUT2D eigenvalue weighted by Gasteiger charge is -2.23. The van der Waals surface area contributed by atoms with Gasteiger partial charge in [-0.2, -0.15) is 0 Å². The monoisotopic (exact) mass is 248 g/mol. The van der Waals surface area contributed by atoms with Crippen LogP contribution in [0.3, 0.4) is 0 Å². The zero-order chi connectivity index (χ0) is 12.7. The van der Waals surface area contributed by atoms with Gasteiger partial charge in [-0.25, -0.2) is 4.39 Å². The van der Waals surface area contributed by atoms with Crippen LogP contribution in [0.25, 0.3) is 0 Å². The van der Waals surface area contributed by atoms with Crippen molar-refractivity contribution in [3.63, 3.8) is 0 Å². The summed E-state index contributed by atoms with van der Waals surface area (Å²) in [5.41, 5.74) is 6.45. The summed E-state index contributed by atoms with van der Waals surface area (Å²) in [5.74, 6) is 0.125. The largest absolute Gasteiger partial charge is 0.398 e. The predicted molar refractivity (Wildman–Crippen MR) is 67.6 cm³/mol. The molecule has 18 heavy (non-hydrogen) atoms. The van der Waals surface area contributed by atoms with Crippen molar-refractivity contribution in [1.29, 1.82) is 0 Å². The Morgan fingerprint density at radius 2 is 2.06 bits per heavy atom. The number of halogens is 1. The van der Waals surface area contributed by atoms with E-state index in [0.717, 1.165) is 19.4 Å². The molecule has 0 radical (unpaired) electrons. The van der Waals surface area contributed by atoms with Gasteiger partial charge in [0, 0.05) is 18.3 Å². The van der Waals surface area contributed by atoms with Crippen molar-refractivity contribution in [3.8, 4) is 0 Å².